The van der Waals surface area contributed by atoms with Crippen LogP contribution < -0.4 is 4.90 Å². The molecule has 2 amide bonds. The molecule has 7 heteroatoms. The quantitative estimate of drug-likeness (QED) is 0.373. The molecule has 5 rings (SSSR count). The van der Waals surface area contributed by atoms with Gasteiger partial charge in [0.25, 0.3) is 17.5 Å². The summed E-state index contributed by atoms with van der Waals surface area (Å²) >= 11 is 0. The molecule has 2 aliphatic heterocycles. The summed E-state index contributed by atoms with van der Waals surface area (Å²) in [5.74, 6) is -0.869. The van der Waals surface area contributed by atoms with E-state index in [2.05, 4.69) is 0 Å². The van der Waals surface area contributed by atoms with Gasteiger partial charge < -0.3 is 4.90 Å². The van der Waals surface area contributed by atoms with E-state index >= 15 is 0 Å². The van der Waals surface area contributed by atoms with E-state index in [1.807, 2.05) is 35.2 Å². The molecule has 0 saturated carbocycles. The van der Waals surface area contributed by atoms with Gasteiger partial charge in [-0.1, -0.05) is 42.5 Å². The van der Waals surface area contributed by atoms with Gasteiger partial charge in [0.1, 0.15) is 5.69 Å². The number of hydrogen-bond acceptors (Lipinski definition) is 5. The van der Waals surface area contributed by atoms with E-state index in [9.17, 15) is 19.7 Å². The van der Waals surface area contributed by atoms with Gasteiger partial charge in [-0.3, -0.25) is 24.6 Å². The Kier molecular flexibility index (Phi) is 4.24. The first-order valence-corrected chi connectivity index (χ1v) is 9.95. The topological polar surface area (TPSA) is 83.8 Å². The van der Waals surface area contributed by atoms with Crippen LogP contribution in [0.15, 0.2) is 54.6 Å². The van der Waals surface area contributed by atoms with Gasteiger partial charge in [-0.05, 0) is 24.5 Å². The Hall–Kier alpha value is -3.74. The molecule has 2 heterocycles. The van der Waals surface area contributed by atoms with Crippen LogP contribution in [0.1, 0.15) is 39.1 Å². The summed E-state index contributed by atoms with van der Waals surface area (Å²) in [7, 11) is 0. The lowest BCUT2D eigenvalue weighted by molar-refractivity contribution is -0.384. The van der Waals surface area contributed by atoms with Gasteiger partial charge in [0, 0.05) is 35.5 Å². The zero-order valence-corrected chi connectivity index (χ0v) is 16.2. The third kappa shape index (κ3) is 2.74. The standard InChI is InChI=1S/C23H19N3O4/c27-22-17-10-6-9-16-20(17)18(23(28)25(22)14-15-7-2-1-3-8-15)13-19(26(29)30)21(16)24-11-4-5-12-24/h1-3,6-10,13H,4-5,11-12,14H2. The Morgan fingerprint density at radius 3 is 2.30 bits per heavy atom. The minimum atomic E-state index is -0.497. The molecule has 0 aromatic heterocycles. The molecule has 0 spiro atoms. The number of anilines is 1. The number of nitro groups is 1. The Morgan fingerprint density at radius 2 is 1.60 bits per heavy atom. The average Bonchev–Trinajstić information content (AvgIpc) is 3.29. The fraction of sp³-hybridized carbons (Fsp3) is 0.217. The van der Waals surface area contributed by atoms with Gasteiger partial charge in [0.2, 0.25) is 0 Å². The Balaban J connectivity index is 1.72. The number of hydrogen-bond donors (Lipinski definition) is 0. The highest BCUT2D eigenvalue weighted by atomic mass is 16.6. The molecule has 0 atom stereocenters. The normalized spacial score (nSPS) is 15.9. The predicted molar refractivity (Wildman–Crippen MR) is 113 cm³/mol. The third-order valence-corrected chi connectivity index (χ3v) is 5.87. The second kappa shape index (κ2) is 6.95. The van der Waals surface area contributed by atoms with E-state index < -0.39 is 10.8 Å². The van der Waals surface area contributed by atoms with Gasteiger partial charge in [0.15, 0.2) is 0 Å². The lowest BCUT2D eigenvalue weighted by atomic mass is 9.91. The van der Waals surface area contributed by atoms with Crippen LogP contribution in [-0.4, -0.2) is 34.7 Å². The molecular formula is C23H19N3O4. The van der Waals surface area contributed by atoms with Crippen molar-refractivity contribution in [1.82, 2.24) is 4.90 Å². The van der Waals surface area contributed by atoms with Crippen molar-refractivity contribution < 1.29 is 14.5 Å². The number of imide groups is 1. The zero-order valence-electron chi connectivity index (χ0n) is 16.2. The molecule has 2 aliphatic rings. The van der Waals surface area contributed by atoms with Gasteiger partial charge in [-0.15, -0.1) is 0 Å². The first-order valence-electron chi connectivity index (χ1n) is 9.95. The smallest absolute Gasteiger partial charge is 0.293 e. The summed E-state index contributed by atoms with van der Waals surface area (Å²) in [5.41, 5.74) is 1.87. The highest BCUT2D eigenvalue weighted by Crippen LogP contribution is 2.43. The first-order chi connectivity index (χ1) is 14.6. The van der Waals surface area contributed by atoms with Gasteiger partial charge >= 0.3 is 0 Å². The summed E-state index contributed by atoms with van der Waals surface area (Å²) in [5, 5.41) is 13.0. The highest BCUT2D eigenvalue weighted by molar-refractivity contribution is 6.27. The maximum absolute atomic E-state index is 13.3. The van der Waals surface area contributed by atoms with E-state index in [4.69, 9.17) is 0 Å². The van der Waals surface area contributed by atoms with Crippen LogP contribution in [0.5, 0.6) is 0 Å². The van der Waals surface area contributed by atoms with Crippen LogP contribution >= 0.6 is 0 Å². The predicted octanol–water partition coefficient (Wildman–Crippen LogP) is 4.14. The van der Waals surface area contributed by atoms with Gasteiger partial charge in [0.05, 0.1) is 17.0 Å². The van der Waals surface area contributed by atoms with E-state index in [-0.39, 0.29) is 23.7 Å². The van der Waals surface area contributed by atoms with Crippen LogP contribution in [0.3, 0.4) is 0 Å². The zero-order chi connectivity index (χ0) is 20.8. The maximum Gasteiger partial charge on any atom is 0.293 e. The van der Waals surface area contributed by atoms with E-state index in [1.54, 1.807) is 18.2 Å². The third-order valence-electron chi connectivity index (χ3n) is 5.87. The summed E-state index contributed by atoms with van der Waals surface area (Å²) in [6, 6.07) is 15.8. The summed E-state index contributed by atoms with van der Waals surface area (Å²) < 4.78 is 0. The Labute approximate surface area is 172 Å². The summed E-state index contributed by atoms with van der Waals surface area (Å²) in [6.45, 7) is 1.57. The van der Waals surface area contributed by atoms with E-state index in [0.717, 1.165) is 31.5 Å². The van der Waals surface area contributed by atoms with Crippen LogP contribution in [0.25, 0.3) is 10.8 Å². The number of amides is 2. The number of benzene rings is 3. The molecule has 0 N–H and O–H groups in total. The van der Waals surface area contributed by atoms with Crippen LogP contribution in [-0.2, 0) is 6.54 Å². The highest BCUT2D eigenvalue weighted by Gasteiger charge is 2.37. The molecule has 30 heavy (non-hydrogen) atoms. The molecule has 3 aromatic carbocycles. The fourth-order valence-electron chi connectivity index (χ4n) is 4.51. The second-order valence-corrected chi connectivity index (χ2v) is 7.65. The maximum atomic E-state index is 13.3. The fourth-order valence-corrected chi connectivity index (χ4v) is 4.51. The first kappa shape index (κ1) is 18.3. The minimum absolute atomic E-state index is 0.0843. The minimum Gasteiger partial charge on any atom is -0.365 e. The number of nitro benzene ring substituents is 1. The molecule has 1 saturated heterocycles. The van der Waals surface area contributed by atoms with E-state index in [1.165, 1.54) is 11.0 Å². The van der Waals surface area contributed by atoms with Crippen LogP contribution in [0.4, 0.5) is 11.4 Å². The van der Waals surface area contributed by atoms with Crippen molar-refractivity contribution in [2.75, 3.05) is 18.0 Å². The SMILES string of the molecule is O=C1c2cccc3c(N4CCCC4)c([N+](=O)[O-])cc(c23)C(=O)N1Cc1ccccc1. The molecule has 7 nitrogen and oxygen atoms in total. The second-order valence-electron chi connectivity index (χ2n) is 7.65. The Morgan fingerprint density at radius 1 is 0.900 bits per heavy atom. The monoisotopic (exact) mass is 401 g/mol. The Bertz CT molecular complexity index is 1200. The van der Waals surface area contributed by atoms with Crippen LogP contribution in [0, 0.1) is 10.1 Å². The largest absolute Gasteiger partial charge is 0.365 e. The molecule has 150 valence electrons. The summed E-state index contributed by atoms with van der Waals surface area (Å²) in [4.78, 5) is 41.2. The van der Waals surface area contributed by atoms with Crippen molar-refractivity contribution in [3.8, 4) is 0 Å². The molecule has 0 bridgehead atoms. The molecule has 3 aromatic rings. The molecule has 0 unspecified atom stereocenters. The van der Waals surface area contributed by atoms with Crippen molar-refractivity contribution in [3.63, 3.8) is 0 Å². The molecular weight excluding hydrogens is 382 g/mol. The number of carbonyl (C=O) groups excluding carboxylic acids is 2. The van der Waals surface area contributed by atoms with Gasteiger partial charge in [-0.25, -0.2) is 0 Å². The number of rotatable bonds is 4. The molecule has 0 radical (unpaired) electrons. The molecule has 1 fully saturated rings. The number of carbonyl (C=O) groups is 2. The van der Waals surface area contributed by atoms with Crippen molar-refractivity contribution in [1.29, 1.82) is 0 Å². The van der Waals surface area contributed by atoms with Crippen molar-refractivity contribution in [3.05, 3.63) is 81.4 Å². The molecule has 0 aliphatic carbocycles. The van der Waals surface area contributed by atoms with Crippen molar-refractivity contribution in [2.24, 2.45) is 0 Å². The summed E-state index contributed by atoms with van der Waals surface area (Å²) in [6.07, 6.45) is 1.92. The van der Waals surface area contributed by atoms with Gasteiger partial charge in [-0.2, -0.15) is 0 Å². The van der Waals surface area contributed by atoms with Crippen molar-refractivity contribution >= 4 is 34.0 Å². The lowest BCUT2D eigenvalue weighted by Gasteiger charge is -2.29. The van der Waals surface area contributed by atoms with E-state index in [0.29, 0.717) is 22.0 Å². The van der Waals surface area contributed by atoms with Crippen molar-refractivity contribution in [2.45, 2.75) is 19.4 Å². The number of nitrogens with zero attached hydrogens (tertiary/aromatic N) is 3. The average molecular weight is 401 g/mol. The van der Waals surface area contributed by atoms with Crippen LogP contribution in [0.2, 0.25) is 0 Å². The lowest BCUT2D eigenvalue weighted by Crippen LogP contribution is -2.40.